The molecule has 2 aromatic carbocycles. The molecule has 1 atom stereocenters. The fourth-order valence-corrected chi connectivity index (χ4v) is 3.51. The maximum absolute atomic E-state index is 12.9. The van der Waals surface area contributed by atoms with Crippen molar-refractivity contribution in [1.82, 2.24) is 0 Å². The normalized spacial score (nSPS) is 12.6. The molecule has 0 aliphatic carbocycles. The molecule has 0 aliphatic rings. The summed E-state index contributed by atoms with van der Waals surface area (Å²) in [6.45, 7) is 1.09. The molecule has 15 heteroatoms. The summed E-state index contributed by atoms with van der Waals surface area (Å²) in [5.74, 6) is -0.994. The van der Waals surface area contributed by atoms with Gasteiger partial charge in [-0.3, -0.25) is 19.7 Å². The van der Waals surface area contributed by atoms with Gasteiger partial charge in [-0.15, -0.1) is 0 Å². The Morgan fingerprint density at radius 1 is 1.19 bits per heavy atom. The van der Waals surface area contributed by atoms with Crippen molar-refractivity contribution >= 4 is 45.8 Å². The largest absolute Gasteiger partial charge is 0.468 e. The molecule has 0 amide bonds. The quantitative estimate of drug-likeness (QED) is 0.156. The number of alkyl halides is 3. The molecule has 0 saturated carbocycles. The molecular formula is C22H20ClF3N2O8S. The fourth-order valence-electron chi connectivity index (χ4n) is 2.64. The van der Waals surface area contributed by atoms with E-state index in [-0.39, 0.29) is 40.2 Å². The third-order valence-corrected chi connectivity index (χ3v) is 5.75. The summed E-state index contributed by atoms with van der Waals surface area (Å²) in [4.78, 5) is 39.4. The highest BCUT2D eigenvalue weighted by Gasteiger charge is 2.31. The number of carbonyl (C=O) groups is 2. The first-order chi connectivity index (χ1) is 17.4. The second kappa shape index (κ2) is 13.3. The van der Waals surface area contributed by atoms with E-state index in [4.69, 9.17) is 25.9 Å². The van der Waals surface area contributed by atoms with Crippen LogP contribution in [0.1, 0.15) is 18.1 Å². The molecule has 0 bridgehead atoms. The first kappa shape index (κ1) is 29.9. The number of nitrogens with zero attached hydrogens (tertiary/aromatic N) is 2. The van der Waals surface area contributed by atoms with E-state index in [9.17, 15) is 32.9 Å². The SMILES string of the molecule is COCC(=NOC(C)C(=O)SCC(=O)OC)c1cc(Oc2ccc(C(F)(F)F)cc2Cl)ccc1[N+](=O)[O-]. The van der Waals surface area contributed by atoms with Crippen LogP contribution in [0.3, 0.4) is 0 Å². The van der Waals surface area contributed by atoms with Crippen LogP contribution >= 0.6 is 23.4 Å². The number of methoxy groups -OCH3 is 2. The summed E-state index contributed by atoms with van der Waals surface area (Å²) in [6, 6.07) is 5.98. The second-order valence-corrected chi connectivity index (χ2v) is 8.47. The molecule has 2 rings (SSSR count). The van der Waals surface area contributed by atoms with Crippen LogP contribution < -0.4 is 4.74 Å². The van der Waals surface area contributed by atoms with Crippen LogP contribution in [-0.2, 0) is 30.1 Å². The standard InChI is InChI=1S/C22H20ClF3N2O8S/c1-12(21(30)37-11-20(29)34-3)36-27-17(10-33-2)15-9-14(5-6-18(15)28(31)32)35-19-7-4-13(8-16(19)23)22(24,25)26/h4-9,12H,10-11H2,1-3H3. The predicted molar refractivity (Wildman–Crippen MR) is 128 cm³/mol. The summed E-state index contributed by atoms with van der Waals surface area (Å²) in [5.41, 5.74) is -1.58. The van der Waals surface area contributed by atoms with Gasteiger partial charge in [0.1, 0.15) is 17.2 Å². The summed E-state index contributed by atoms with van der Waals surface area (Å²) >= 11 is 6.57. The summed E-state index contributed by atoms with van der Waals surface area (Å²) < 4.78 is 53.7. The molecule has 0 saturated heterocycles. The first-order valence-electron chi connectivity index (χ1n) is 10.2. The Morgan fingerprint density at radius 2 is 1.89 bits per heavy atom. The van der Waals surface area contributed by atoms with Gasteiger partial charge in [0.2, 0.25) is 5.12 Å². The van der Waals surface area contributed by atoms with Gasteiger partial charge in [0.15, 0.2) is 6.10 Å². The number of hydrogen-bond donors (Lipinski definition) is 0. The molecule has 0 fully saturated rings. The van der Waals surface area contributed by atoms with Crippen molar-refractivity contribution in [3.63, 3.8) is 0 Å². The number of oxime groups is 1. The Morgan fingerprint density at radius 3 is 2.46 bits per heavy atom. The van der Waals surface area contributed by atoms with E-state index in [0.717, 1.165) is 18.2 Å². The van der Waals surface area contributed by atoms with Crippen molar-refractivity contribution in [2.75, 3.05) is 26.6 Å². The smallest absolute Gasteiger partial charge is 0.416 e. The van der Waals surface area contributed by atoms with Crippen LogP contribution in [0.25, 0.3) is 0 Å². The monoisotopic (exact) mass is 564 g/mol. The highest BCUT2D eigenvalue weighted by molar-refractivity contribution is 8.14. The molecule has 0 radical (unpaired) electrons. The van der Waals surface area contributed by atoms with E-state index in [0.29, 0.717) is 17.8 Å². The van der Waals surface area contributed by atoms with E-state index in [2.05, 4.69) is 9.89 Å². The molecular weight excluding hydrogens is 545 g/mol. The minimum absolute atomic E-state index is 0.0104. The highest BCUT2D eigenvalue weighted by atomic mass is 35.5. The lowest BCUT2D eigenvalue weighted by atomic mass is 10.1. The van der Waals surface area contributed by atoms with Crippen molar-refractivity contribution in [3.8, 4) is 11.5 Å². The lowest BCUT2D eigenvalue weighted by molar-refractivity contribution is -0.385. The van der Waals surface area contributed by atoms with Crippen LogP contribution in [0, 0.1) is 10.1 Å². The lowest BCUT2D eigenvalue weighted by Crippen LogP contribution is -2.20. The molecule has 0 heterocycles. The highest BCUT2D eigenvalue weighted by Crippen LogP contribution is 2.37. The van der Waals surface area contributed by atoms with E-state index in [1.807, 2.05) is 0 Å². The summed E-state index contributed by atoms with van der Waals surface area (Å²) in [5, 5.41) is 14.6. The van der Waals surface area contributed by atoms with Crippen LogP contribution in [0.15, 0.2) is 41.6 Å². The molecule has 200 valence electrons. The van der Waals surface area contributed by atoms with Gasteiger partial charge in [0.25, 0.3) is 5.69 Å². The summed E-state index contributed by atoms with van der Waals surface area (Å²) in [6.07, 6.45) is -5.74. The van der Waals surface area contributed by atoms with Gasteiger partial charge in [-0.25, -0.2) is 0 Å². The third-order valence-electron chi connectivity index (χ3n) is 4.46. The van der Waals surface area contributed by atoms with Crippen molar-refractivity contribution in [2.45, 2.75) is 19.2 Å². The topological polar surface area (TPSA) is 127 Å². The average molecular weight is 565 g/mol. The number of benzene rings is 2. The Bertz CT molecular complexity index is 1190. The van der Waals surface area contributed by atoms with Gasteiger partial charge in [0, 0.05) is 13.2 Å². The number of rotatable bonds is 11. The van der Waals surface area contributed by atoms with Crippen LogP contribution in [0.2, 0.25) is 5.02 Å². The molecule has 2 aromatic rings. The summed E-state index contributed by atoms with van der Waals surface area (Å²) in [7, 11) is 2.47. The molecule has 0 aromatic heterocycles. The molecule has 1 unspecified atom stereocenters. The van der Waals surface area contributed by atoms with E-state index in [1.165, 1.54) is 33.3 Å². The molecule has 0 aliphatic heterocycles. The Hall–Kier alpha value is -3.36. The van der Waals surface area contributed by atoms with E-state index in [1.54, 1.807) is 0 Å². The van der Waals surface area contributed by atoms with Crippen LogP contribution in [0.4, 0.5) is 18.9 Å². The number of nitro groups is 1. The zero-order valence-electron chi connectivity index (χ0n) is 19.5. The molecule has 37 heavy (non-hydrogen) atoms. The van der Waals surface area contributed by atoms with Gasteiger partial charge >= 0.3 is 12.1 Å². The maximum atomic E-state index is 12.9. The number of ether oxygens (including phenoxy) is 3. The van der Waals surface area contributed by atoms with Gasteiger partial charge in [-0.2, -0.15) is 13.2 Å². The Kier molecular flexibility index (Phi) is 10.7. The minimum Gasteiger partial charge on any atom is -0.468 e. The zero-order chi connectivity index (χ0) is 27.8. The molecule has 0 N–H and O–H groups in total. The minimum atomic E-state index is -4.61. The average Bonchev–Trinajstić information content (AvgIpc) is 2.84. The van der Waals surface area contributed by atoms with Gasteiger partial charge < -0.3 is 19.0 Å². The number of carbonyl (C=O) groups excluding carboxylic acids is 2. The van der Waals surface area contributed by atoms with E-state index >= 15 is 0 Å². The fraction of sp³-hybridized carbons (Fsp3) is 0.318. The van der Waals surface area contributed by atoms with Gasteiger partial charge in [-0.1, -0.05) is 28.5 Å². The maximum Gasteiger partial charge on any atom is 0.416 e. The van der Waals surface area contributed by atoms with Crippen molar-refractivity contribution in [1.29, 1.82) is 0 Å². The van der Waals surface area contributed by atoms with Crippen LogP contribution in [0.5, 0.6) is 11.5 Å². The number of hydrogen-bond acceptors (Lipinski definition) is 10. The van der Waals surface area contributed by atoms with Gasteiger partial charge in [-0.05, 0) is 37.3 Å². The Labute approximate surface area is 217 Å². The first-order valence-corrected chi connectivity index (χ1v) is 11.5. The molecule has 0 spiro atoms. The third kappa shape index (κ3) is 8.61. The number of thioether (sulfide) groups is 1. The Balaban J connectivity index is 2.35. The van der Waals surface area contributed by atoms with Crippen molar-refractivity contribution in [2.24, 2.45) is 5.16 Å². The number of esters is 1. The number of halogens is 4. The van der Waals surface area contributed by atoms with E-state index < -0.39 is 39.5 Å². The van der Waals surface area contributed by atoms with Crippen molar-refractivity contribution in [3.05, 3.63) is 62.7 Å². The molecule has 10 nitrogen and oxygen atoms in total. The van der Waals surface area contributed by atoms with Gasteiger partial charge in [0.05, 0.1) is 40.5 Å². The zero-order valence-corrected chi connectivity index (χ0v) is 21.1. The predicted octanol–water partition coefficient (Wildman–Crippen LogP) is 5.25. The van der Waals surface area contributed by atoms with Crippen molar-refractivity contribution < 1.29 is 46.7 Å². The van der Waals surface area contributed by atoms with Crippen LogP contribution in [-0.4, -0.2) is 54.4 Å². The number of nitro benzene ring substituents is 1. The lowest BCUT2D eigenvalue weighted by Gasteiger charge is -2.13. The second-order valence-electron chi connectivity index (χ2n) is 7.08.